The summed E-state index contributed by atoms with van der Waals surface area (Å²) in [7, 11) is 0. The SMILES string of the molecule is CCCNC(=S)N1CCC[C@@H]1C(=O)N1CCC[C@H]1C#N. The third-order valence-corrected chi connectivity index (χ3v) is 4.39. The van der Waals surface area contributed by atoms with Gasteiger partial charge in [0.2, 0.25) is 5.91 Å². The molecule has 2 aliphatic heterocycles. The molecule has 2 atom stereocenters. The van der Waals surface area contributed by atoms with Gasteiger partial charge in [0.25, 0.3) is 0 Å². The quantitative estimate of drug-likeness (QED) is 0.794. The minimum Gasteiger partial charge on any atom is -0.363 e. The van der Waals surface area contributed by atoms with Gasteiger partial charge in [0.1, 0.15) is 12.1 Å². The molecule has 2 aliphatic rings. The molecule has 0 aliphatic carbocycles. The first-order valence-corrected chi connectivity index (χ1v) is 7.84. The summed E-state index contributed by atoms with van der Waals surface area (Å²) in [6.45, 7) is 4.46. The van der Waals surface area contributed by atoms with Crippen LogP contribution in [0.15, 0.2) is 0 Å². The van der Waals surface area contributed by atoms with Gasteiger partial charge in [-0.1, -0.05) is 6.92 Å². The third kappa shape index (κ3) is 3.04. The van der Waals surface area contributed by atoms with Crippen molar-refractivity contribution < 1.29 is 4.79 Å². The predicted molar refractivity (Wildman–Crippen MR) is 81.0 cm³/mol. The molecule has 110 valence electrons. The summed E-state index contributed by atoms with van der Waals surface area (Å²) in [5.41, 5.74) is 0. The molecule has 1 N–H and O–H groups in total. The van der Waals surface area contributed by atoms with Crippen LogP contribution < -0.4 is 5.32 Å². The lowest BCUT2D eigenvalue weighted by Crippen LogP contribution is -2.51. The van der Waals surface area contributed by atoms with Crippen molar-refractivity contribution >= 4 is 23.2 Å². The number of thiocarbonyl (C=S) groups is 1. The van der Waals surface area contributed by atoms with Crippen LogP contribution >= 0.6 is 12.2 Å². The monoisotopic (exact) mass is 294 g/mol. The lowest BCUT2D eigenvalue weighted by Gasteiger charge is -2.31. The number of nitrogens with one attached hydrogen (secondary N) is 1. The van der Waals surface area contributed by atoms with Gasteiger partial charge in [0.15, 0.2) is 5.11 Å². The molecule has 0 aromatic carbocycles. The van der Waals surface area contributed by atoms with Gasteiger partial charge >= 0.3 is 0 Å². The number of amides is 1. The van der Waals surface area contributed by atoms with Gasteiger partial charge in [0.05, 0.1) is 6.07 Å². The molecule has 0 radical (unpaired) electrons. The van der Waals surface area contributed by atoms with Gasteiger partial charge in [0, 0.05) is 19.6 Å². The van der Waals surface area contributed by atoms with Crippen LogP contribution in [0.2, 0.25) is 0 Å². The Labute approximate surface area is 125 Å². The second-order valence-electron chi connectivity index (χ2n) is 5.40. The van der Waals surface area contributed by atoms with Gasteiger partial charge in [-0.3, -0.25) is 4.79 Å². The second kappa shape index (κ2) is 6.89. The molecule has 2 heterocycles. The second-order valence-corrected chi connectivity index (χ2v) is 5.79. The van der Waals surface area contributed by atoms with Crippen molar-refractivity contribution in [2.24, 2.45) is 0 Å². The lowest BCUT2D eigenvalue weighted by molar-refractivity contribution is -0.134. The highest BCUT2D eigenvalue weighted by Gasteiger charge is 2.38. The van der Waals surface area contributed by atoms with E-state index >= 15 is 0 Å². The van der Waals surface area contributed by atoms with Crippen LogP contribution in [0.1, 0.15) is 39.0 Å². The fourth-order valence-corrected chi connectivity index (χ4v) is 3.28. The summed E-state index contributed by atoms with van der Waals surface area (Å²) in [5.74, 6) is 0.0761. The molecular weight excluding hydrogens is 272 g/mol. The largest absolute Gasteiger partial charge is 0.363 e. The number of nitriles is 1. The summed E-state index contributed by atoms with van der Waals surface area (Å²) in [6, 6.07) is 1.81. The van der Waals surface area contributed by atoms with E-state index in [9.17, 15) is 4.79 Å². The Morgan fingerprint density at radius 3 is 2.75 bits per heavy atom. The Bertz CT molecular complexity index is 420. The van der Waals surface area contributed by atoms with E-state index < -0.39 is 0 Å². The summed E-state index contributed by atoms with van der Waals surface area (Å²) in [4.78, 5) is 16.4. The third-order valence-electron chi connectivity index (χ3n) is 4.01. The van der Waals surface area contributed by atoms with Crippen molar-refractivity contribution in [1.82, 2.24) is 15.1 Å². The Morgan fingerprint density at radius 2 is 2.05 bits per heavy atom. The van der Waals surface area contributed by atoms with Crippen molar-refractivity contribution in [2.75, 3.05) is 19.6 Å². The average molecular weight is 294 g/mol. The molecule has 2 rings (SSSR count). The number of carbonyl (C=O) groups excluding carboxylic acids is 1. The smallest absolute Gasteiger partial charge is 0.246 e. The zero-order chi connectivity index (χ0) is 14.5. The van der Waals surface area contributed by atoms with Gasteiger partial charge in [-0.25, -0.2) is 0 Å². The first kappa shape index (κ1) is 15.0. The van der Waals surface area contributed by atoms with E-state index in [1.807, 2.05) is 4.90 Å². The van der Waals surface area contributed by atoms with Crippen LogP contribution in [0.5, 0.6) is 0 Å². The molecule has 0 unspecified atom stereocenters. The Hall–Kier alpha value is -1.35. The van der Waals surface area contributed by atoms with Crippen molar-refractivity contribution in [3.05, 3.63) is 0 Å². The summed E-state index contributed by atoms with van der Waals surface area (Å²) in [6.07, 6.45) is 4.55. The maximum absolute atomic E-state index is 12.7. The van der Waals surface area contributed by atoms with Crippen LogP contribution in [0.4, 0.5) is 0 Å². The van der Waals surface area contributed by atoms with Gasteiger partial charge in [-0.15, -0.1) is 0 Å². The number of rotatable bonds is 3. The number of carbonyl (C=O) groups is 1. The molecule has 0 saturated carbocycles. The maximum atomic E-state index is 12.7. The zero-order valence-electron chi connectivity index (χ0n) is 12.0. The van der Waals surface area contributed by atoms with Crippen molar-refractivity contribution in [3.8, 4) is 6.07 Å². The van der Waals surface area contributed by atoms with E-state index in [4.69, 9.17) is 17.5 Å². The van der Waals surface area contributed by atoms with Crippen LogP contribution in [-0.4, -0.2) is 52.5 Å². The van der Waals surface area contributed by atoms with Gasteiger partial charge in [-0.2, -0.15) is 5.26 Å². The molecule has 0 bridgehead atoms. The van der Waals surface area contributed by atoms with Crippen LogP contribution in [-0.2, 0) is 4.79 Å². The van der Waals surface area contributed by atoms with E-state index in [1.165, 1.54) is 0 Å². The van der Waals surface area contributed by atoms with E-state index in [0.717, 1.165) is 45.2 Å². The number of likely N-dealkylation sites (tertiary alicyclic amines) is 2. The zero-order valence-corrected chi connectivity index (χ0v) is 12.8. The highest BCUT2D eigenvalue weighted by Crippen LogP contribution is 2.24. The highest BCUT2D eigenvalue weighted by atomic mass is 32.1. The molecule has 6 heteroatoms. The molecule has 5 nitrogen and oxygen atoms in total. The fourth-order valence-electron chi connectivity index (χ4n) is 2.96. The van der Waals surface area contributed by atoms with E-state index in [-0.39, 0.29) is 18.0 Å². The average Bonchev–Trinajstić information content (AvgIpc) is 3.11. The van der Waals surface area contributed by atoms with Crippen LogP contribution in [0.3, 0.4) is 0 Å². The van der Waals surface area contributed by atoms with E-state index in [1.54, 1.807) is 4.90 Å². The molecule has 1 amide bonds. The standard InChI is InChI=1S/C14H22N4OS/c1-2-7-16-14(20)18-9-4-6-12(18)13(19)17-8-3-5-11(17)10-15/h11-12H,2-9H2,1H3,(H,16,20)/t11-,12+/m0/s1. The summed E-state index contributed by atoms with van der Waals surface area (Å²) >= 11 is 5.39. The Balaban J connectivity index is 2.01. The van der Waals surface area contributed by atoms with Crippen molar-refractivity contribution in [2.45, 2.75) is 51.1 Å². The molecule has 0 spiro atoms. The predicted octanol–water partition coefficient (Wildman–Crippen LogP) is 1.25. The number of nitrogens with zero attached hydrogens (tertiary/aromatic N) is 3. The van der Waals surface area contributed by atoms with Crippen LogP contribution in [0.25, 0.3) is 0 Å². The summed E-state index contributed by atoms with van der Waals surface area (Å²) < 4.78 is 0. The minimum absolute atomic E-state index is 0.0761. The summed E-state index contributed by atoms with van der Waals surface area (Å²) in [5, 5.41) is 13.0. The molecule has 2 fully saturated rings. The fraction of sp³-hybridized carbons (Fsp3) is 0.786. The normalized spacial score (nSPS) is 25.6. The van der Waals surface area contributed by atoms with Gasteiger partial charge < -0.3 is 15.1 Å². The van der Waals surface area contributed by atoms with Crippen LogP contribution in [0, 0.1) is 11.3 Å². The molecule has 0 aromatic heterocycles. The van der Waals surface area contributed by atoms with Crippen molar-refractivity contribution in [3.63, 3.8) is 0 Å². The molecule has 2 saturated heterocycles. The first-order chi connectivity index (χ1) is 9.69. The number of hydrogen-bond donors (Lipinski definition) is 1. The number of hydrogen-bond acceptors (Lipinski definition) is 3. The lowest BCUT2D eigenvalue weighted by atomic mass is 10.1. The first-order valence-electron chi connectivity index (χ1n) is 7.43. The Kier molecular flexibility index (Phi) is 5.18. The maximum Gasteiger partial charge on any atom is 0.246 e. The highest BCUT2D eigenvalue weighted by molar-refractivity contribution is 7.80. The Morgan fingerprint density at radius 1 is 1.35 bits per heavy atom. The van der Waals surface area contributed by atoms with E-state index in [2.05, 4.69) is 18.3 Å². The molecular formula is C14H22N4OS. The van der Waals surface area contributed by atoms with Crippen molar-refractivity contribution in [1.29, 1.82) is 5.26 Å². The van der Waals surface area contributed by atoms with Gasteiger partial charge in [-0.05, 0) is 44.3 Å². The minimum atomic E-state index is -0.248. The molecule has 0 aromatic rings. The topological polar surface area (TPSA) is 59.4 Å². The molecule has 20 heavy (non-hydrogen) atoms. The van der Waals surface area contributed by atoms with E-state index in [0.29, 0.717) is 11.7 Å².